The molecule has 0 unspecified atom stereocenters. The minimum atomic E-state index is -0.395. The molecule has 0 atom stereocenters. The number of nitrogens with zero attached hydrogens (tertiary/aromatic N) is 3. The summed E-state index contributed by atoms with van der Waals surface area (Å²) >= 11 is 0. The highest BCUT2D eigenvalue weighted by Gasteiger charge is 2.29. The summed E-state index contributed by atoms with van der Waals surface area (Å²) < 4.78 is 6.90. The van der Waals surface area contributed by atoms with Crippen LogP contribution in [-0.4, -0.2) is 33.5 Å². The van der Waals surface area contributed by atoms with Crippen LogP contribution in [0.3, 0.4) is 0 Å². The lowest BCUT2D eigenvalue weighted by atomic mass is 10.2. The van der Waals surface area contributed by atoms with E-state index in [2.05, 4.69) is 19.9 Å². The largest absolute Gasteiger partial charge is 0.465 e. The minimum absolute atomic E-state index is 0.0933. The molecule has 2 aromatic heterocycles. The molecule has 1 N–H and O–H groups in total. The molecule has 0 bridgehead atoms. The molecule has 4 rings (SSSR count). The van der Waals surface area contributed by atoms with Gasteiger partial charge >= 0.3 is 5.97 Å². The summed E-state index contributed by atoms with van der Waals surface area (Å²) in [5.74, 6) is 0.232. The first-order chi connectivity index (χ1) is 13.2. The fourth-order valence-corrected chi connectivity index (χ4v) is 3.17. The van der Waals surface area contributed by atoms with Gasteiger partial charge in [-0.1, -0.05) is 6.07 Å². The van der Waals surface area contributed by atoms with Crippen molar-refractivity contribution in [2.45, 2.75) is 31.8 Å². The van der Waals surface area contributed by atoms with Crippen molar-refractivity contribution in [1.82, 2.24) is 19.9 Å². The van der Waals surface area contributed by atoms with Gasteiger partial charge in [0, 0.05) is 25.0 Å². The van der Waals surface area contributed by atoms with Crippen LogP contribution in [0, 0.1) is 0 Å². The number of aromatic nitrogens is 3. The summed E-state index contributed by atoms with van der Waals surface area (Å²) in [4.78, 5) is 32.9. The van der Waals surface area contributed by atoms with Crippen LogP contribution in [0.5, 0.6) is 0 Å². The lowest BCUT2D eigenvalue weighted by Crippen LogP contribution is -2.26. The smallest absolute Gasteiger partial charge is 0.337 e. The van der Waals surface area contributed by atoms with Crippen molar-refractivity contribution in [3.63, 3.8) is 0 Å². The van der Waals surface area contributed by atoms with E-state index in [9.17, 15) is 9.59 Å². The maximum absolute atomic E-state index is 12.4. The quantitative estimate of drug-likeness (QED) is 0.679. The molecule has 1 aliphatic carbocycles. The lowest BCUT2D eigenvalue weighted by molar-refractivity contribution is -0.120. The fraction of sp³-hybridized carbons (Fsp3) is 0.300. The van der Waals surface area contributed by atoms with Gasteiger partial charge < -0.3 is 14.6 Å². The molecule has 1 aromatic carbocycles. The number of pyridine rings is 1. The number of nitrogens with one attached hydrogen (secondary N) is 1. The van der Waals surface area contributed by atoms with Gasteiger partial charge in [0.05, 0.1) is 30.1 Å². The molecule has 7 heteroatoms. The number of carbonyl (C=O) groups is 2. The van der Waals surface area contributed by atoms with Crippen LogP contribution in [0.2, 0.25) is 0 Å². The number of imidazole rings is 1. The predicted molar refractivity (Wildman–Crippen MR) is 99.1 cm³/mol. The number of amides is 1. The number of hydrogen-bond donors (Lipinski definition) is 1. The zero-order valence-electron chi connectivity index (χ0n) is 15.0. The highest BCUT2D eigenvalue weighted by molar-refractivity contribution is 5.94. The first kappa shape index (κ1) is 17.2. The first-order valence-corrected chi connectivity index (χ1v) is 8.90. The maximum Gasteiger partial charge on any atom is 0.337 e. The van der Waals surface area contributed by atoms with Crippen LogP contribution in [0.4, 0.5) is 0 Å². The molecule has 7 nitrogen and oxygen atoms in total. The number of fused-ring (bicyclic) bond motifs is 1. The highest BCUT2D eigenvalue weighted by Crippen LogP contribution is 2.39. The second kappa shape index (κ2) is 7.19. The number of hydrogen-bond acceptors (Lipinski definition) is 5. The summed E-state index contributed by atoms with van der Waals surface area (Å²) in [5.41, 5.74) is 3.06. The lowest BCUT2D eigenvalue weighted by Gasteiger charge is -2.08. The van der Waals surface area contributed by atoms with Crippen molar-refractivity contribution in [2.24, 2.45) is 0 Å². The Kier molecular flexibility index (Phi) is 4.58. The number of methoxy groups -OCH3 is 1. The van der Waals surface area contributed by atoms with Gasteiger partial charge in [-0.3, -0.25) is 9.78 Å². The average Bonchev–Trinajstić information content (AvgIpc) is 3.47. The third-order valence-electron chi connectivity index (χ3n) is 4.63. The Balaban J connectivity index is 1.56. The third kappa shape index (κ3) is 3.67. The molecule has 138 valence electrons. The minimum Gasteiger partial charge on any atom is -0.465 e. The van der Waals surface area contributed by atoms with Gasteiger partial charge in [0.2, 0.25) is 5.91 Å². The second-order valence-corrected chi connectivity index (χ2v) is 6.64. The topological polar surface area (TPSA) is 86.1 Å². The molecular weight excluding hydrogens is 344 g/mol. The van der Waals surface area contributed by atoms with Crippen molar-refractivity contribution >= 4 is 22.9 Å². The fourth-order valence-electron chi connectivity index (χ4n) is 3.17. The van der Waals surface area contributed by atoms with E-state index in [1.165, 1.54) is 7.11 Å². The number of ether oxygens (including phenoxy) is 1. The SMILES string of the molecule is COC(=O)c1ccc2c(c1)nc(CC(=O)NCc1cccnc1)n2C1CC1. The summed E-state index contributed by atoms with van der Waals surface area (Å²) in [6.45, 7) is 0.433. The molecule has 1 saturated carbocycles. The van der Waals surface area contributed by atoms with Crippen molar-refractivity contribution in [3.8, 4) is 0 Å². The molecule has 2 heterocycles. The summed E-state index contributed by atoms with van der Waals surface area (Å²) in [6, 6.07) is 9.47. The molecule has 1 aliphatic rings. The predicted octanol–water partition coefficient (Wildman–Crippen LogP) is 2.41. The van der Waals surface area contributed by atoms with E-state index in [0.29, 0.717) is 23.7 Å². The zero-order chi connectivity index (χ0) is 18.8. The van der Waals surface area contributed by atoms with Gasteiger partial charge in [-0.15, -0.1) is 0 Å². The van der Waals surface area contributed by atoms with Crippen molar-refractivity contribution in [1.29, 1.82) is 0 Å². The zero-order valence-corrected chi connectivity index (χ0v) is 15.0. The van der Waals surface area contributed by atoms with Gasteiger partial charge in [-0.25, -0.2) is 9.78 Å². The number of esters is 1. The Morgan fingerprint density at radius 3 is 2.85 bits per heavy atom. The first-order valence-electron chi connectivity index (χ1n) is 8.90. The summed E-state index contributed by atoms with van der Waals surface area (Å²) in [6.07, 6.45) is 5.78. The normalized spacial score (nSPS) is 13.5. The molecule has 3 aromatic rings. The van der Waals surface area contributed by atoms with Crippen molar-refractivity contribution < 1.29 is 14.3 Å². The number of benzene rings is 1. The van der Waals surface area contributed by atoms with E-state index in [1.54, 1.807) is 24.5 Å². The van der Waals surface area contributed by atoms with E-state index in [0.717, 1.165) is 29.7 Å². The van der Waals surface area contributed by atoms with Crippen molar-refractivity contribution in [3.05, 3.63) is 59.7 Å². The third-order valence-corrected chi connectivity index (χ3v) is 4.63. The van der Waals surface area contributed by atoms with Crippen LogP contribution in [0.25, 0.3) is 11.0 Å². The van der Waals surface area contributed by atoms with Gasteiger partial charge in [-0.05, 0) is 42.7 Å². The van der Waals surface area contributed by atoms with Crippen LogP contribution in [0.15, 0.2) is 42.7 Å². The van der Waals surface area contributed by atoms with Crippen LogP contribution in [0.1, 0.15) is 40.6 Å². The van der Waals surface area contributed by atoms with Crippen LogP contribution >= 0.6 is 0 Å². The molecule has 0 radical (unpaired) electrons. The second-order valence-electron chi connectivity index (χ2n) is 6.64. The van der Waals surface area contributed by atoms with E-state index >= 15 is 0 Å². The van der Waals surface area contributed by atoms with Gasteiger partial charge in [0.1, 0.15) is 5.82 Å². The standard InChI is InChI=1S/C20H20N4O3/c1-27-20(26)14-4-7-17-16(9-14)23-18(24(17)15-5-6-15)10-19(25)22-12-13-3-2-8-21-11-13/h2-4,7-9,11,15H,5-6,10,12H2,1H3,(H,22,25). The average molecular weight is 364 g/mol. The molecule has 0 saturated heterocycles. The summed E-state index contributed by atoms with van der Waals surface area (Å²) in [5, 5.41) is 2.91. The maximum atomic E-state index is 12.4. The molecule has 0 aliphatic heterocycles. The Morgan fingerprint density at radius 1 is 1.30 bits per heavy atom. The Morgan fingerprint density at radius 2 is 2.15 bits per heavy atom. The van der Waals surface area contributed by atoms with E-state index < -0.39 is 5.97 Å². The van der Waals surface area contributed by atoms with Crippen molar-refractivity contribution in [2.75, 3.05) is 7.11 Å². The van der Waals surface area contributed by atoms with E-state index in [-0.39, 0.29) is 12.3 Å². The number of rotatable bonds is 6. The molecule has 0 spiro atoms. The molecule has 27 heavy (non-hydrogen) atoms. The van der Waals surface area contributed by atoms with Gasteiger partial charge in [0.15, 0.2) is 0 Å². The van der Waals surface area contributed by atoms with Gasteiger partial charge in [-0.2, -0.15) is 0 Å². The molecular formula is C20H20N4O3. The molecule has 1 amide bonds. The Bertz CT molecular complexity index is 993. The van der Waals surface area contributed by atoms with E-state index in [1.807, 2.05) is 18.2 Å². The van der Waals surface area contributed by atoms with Gasteiger partial charge in [0.25, 0.3) is 0 Å². The highest BCUT2D eigenvalue weighted by atomic mass is 16.5. The Hall–Kier alpha value is -3.22. The Labute approximate surface area is 156 Å². The number of carbonyl (C=O) groups excluding carboxylic acids is 2. The van der Waals surface area contributed by atoms with Crippen LogP contribution in [-0.2, 0) is 22.5 Å². The monoisotopic (exact) mass is 364 g/mol. The molecule has 1 fully saturated rings. The summed E-state index contributed by atoms with van der Waals surface area (Å²) in [7, 11) is 1.35. The van der Waals surface area contributed by atoms with Crippen LogP contribution < -0.4 is 5.32 Å². The van der Waals surface area contributed by atoms with E-state index in [4.69, 9.17) is 4.74 Å².